The maximum absolute atomic E-state index is 9.41. The fraction of sp³-hybridized carbons (Fsp3) is 0.364. The summed E-state index contributed by atoms with van der Waals surface area (Å²) >= 11 is 0. The first kappa shape index (κ1) is 8.89. The number of nitrogens with zero attached hydrogens (tertiary/aromatic N) is 2. The van der Waals surface area contributed by atoms with Crippen LogP contribution in [0.2, 0.25) is 0 Å². The lowest BCUT2D eigenvalue weighted by Crippen LogP contribution is -2.17. The highest BCUT2D eigenvalue weighted by atomic mass is 16.3. The van der Waals surface area contributed by atoms with Gasteiger partial charge in [0.1, 0.15) is 5.75 Å². The number of phenolic OH excluding ortho intramolecular Hbond substituents is 1. The van der Waals surface area contributed by atoms with Crippen LogP contribution in [0.25, 0.3) is 0 Å². The number of hydrogen-bond donors (Lipinski definition) is 1. The van der Waals surface area contributed by atoms with Gasteiger partial charge >= 0.3 is 0 Å². The zero-order chi connectivity index (χ0) is 9.97. The van der Waals surface area contributed by atoms with E-state index >= 15 is 0 Å². The summed E-state index contributed by atoms with van der Waals surface area (Å²) in [7, 11) is 0. The van der Waals surface area contributed by atoms with Gasteiger partial charge in [0.15, 0.2) is 0 Å². The number of aromatic hydroxyl groups is 1. The molecule has 1 aromatic carbocycles. The molecule has 0 atom stereocenters. The van der Waals surface area contributed by atoms with Crippen LogP contribution in [0.5, 0.6) is 5.75 Å². The van der Waals surface area contributed by atoms with E-state index < -0.39 is 0 Å². The van der Waals surface area contributed by atoms with E-state index in [1.807, 2.05) is 12.1 Å². The van der Waals surface area contributed by atoms with E-state index in [4.69, 9.17) is 5.26 Å². The minimum Gasteiger partial charge on any atom is -0.508 e. The van der Waals surface area contributed by atoms with E-state index in [9.17, 15) is 5.11 Å². The average molecular weight is 188 g/mol. The summed E-state index contributed by atoms with van der Waals surface area (Å²) in [5.41, 5.74) is 1.48. The summed E-state index contributed by atoms with van der Waals surface area (Å²) in [4.78, 5) is 2.19. The number of phenols is 1. The van der Waals surface area contributed by atoms with Crippen molar-refractivity contribution >= 4 is 5.69 Å². The van der Waals surface area contributed by atoms with Gasteiger partial charge in [0, 0.05) is 24.8 Å². The van der Waals surface area contributed by atoms with Gasteiger partial charge in [-0.15, -0.1) is 0 Å². The van der Waals surface area contributed by atoms with Gasteiger partial charge in [0.2, 0.25) is 0 Å². The fourth-order valence-corrected chi connectivity index (χ4v) is 1.82. The molecule has 1 N–H and O–H groups in total. The predicted octanol–water partition coefficient (Wildman–Crippen LogP) is 1.86. The van der Waals surface area contributed by atoms with Crippen molar-refractivity contribution in [2.24, 2.45) is 0 Å². The molecule has 72 valence electrons. The lowest BCUT2D eigenvalue weighted by molar-refractivity contribution is 0.475. The fourth-order valence-electron chi connectivity index (χ4n) is 1.82. The molecule has 1 aliphatic rings. The summed E-state index contributed by atoms with van der Waals surface area (Å²) < 4.78 is 0. The highest BCUT2D eigenvalue weighted by Crippen LogP contribution is 2.25. The third kappa shape index (κ3) is 1.64. The smallest absolute Gasteiger partial charge is 0.118 e. The Morgan fingerprint density at radius 3 is 2.57 bits per heavy atom. The molecule has 3 nitrogen and oxygen atoms in total. The van der Waals surface area contributed by atoms with Crippen LogP contribution in [0.4, 0.5) is 5.69 Å². The third-order valence-electron chi connectivity index (χ3n) is 2.50. The third-order valence-corrected chi connectivity index (χ3v) is 2.50. The highest BCUT2D eigenvalue weighted by Gasteiger charge is 2.13. The molecule has 1 heterocycles. The summed E-state index contributed by atoms with van der Waals surface area (Å²) in [5, 5.41) is 18.2. The Hall–Kier alpha value is -1.69. The number of anilines is 1. The standard InChI is InChI=1S/C11H12N2O/c12-8-9-5-10(7-11(14)6-9)13-3-1-2-4-13/h5-7,14H,1-4H2. The van der Waals surface area contributed by atoms with Gasteiger partial charge in [0.25, 0.3) is 0 Å². The van der Waals surface area contributed by atoms with Crippen molar-refractivity contribution in [1.29, 1.82) is 5.26 Å². The molecule has 1 aromatic rings. The van der Waals surface area contributed by atoms with E-state index in [2.05, 4.69) is 4.90 Å². The van der Waals surface area contributed by atoms with Crippen LogP contribution in [0.3, 0.4) is 0 Å². The summed E-state index contributed by atoms with van der Waals surface area (Å²) in [6.45, 7) is 2.04. The van der Waals surface area contributed by atoms with Crippen LogP contribution >= 0.6 is 0 Å². The van der Waals surface area contributed by atoms with Gasteiger partial charge in [-0.2, -0.15) is 5.26 Å². The molecular weight excluding hydrogens is 176 g/mol. The van der Waals surface area contributed by atoms with Gasteiger partial charge in [-0.05, 0) is 25.0 Å². The predicted molar refractivity (Wildman–Crippen MR) is 54.3 cm³/mol. The molecule has 0 radical (unpaired) electrons. The topological polar surface area (TPSA) is 47.3 Å². The zero-order valence-electron chi connectivity index (χ0n) is 7.90. The molecule has 3 heteroatoms. The van der Waals surface area contributed by atoms with E-state index in [0.717, 1.165) is 18.8 Å². The Labute approximate surface area is 83.2 Å². The van der Waals surface area contributed by atoms with Crippen molar-refractivity contribution in [2.45, 2.75) is 12.8 Å². The Morgan fingerprint density at radius 2 is 1.93 bits per heavy atom. The van der Waals surface area contributed by atoms with Crippen LogP contribution in [-0.4, -0.2) is 18.2 Å². The SMILES string of the molecule is N#Cc1cc(O)cc(N2CCCC2)c1. The van der Waals surface area contributed by atoms with Crippen molar-refractivity contribution in [2.75, 3.05) is 18.0 Å². The first-order valence-corrected chi connectivity index (χ1v) is 4.79. The summed E-state index contributed by atoms with van der Waals surface area (Å²) in [5.74, 6) is 0.172. The average Bonchev–Trinajstić information content (AvgIpc) is 2.69. The number of rotatable bonds is 1. The van der Waals surface area contributed by atoms with Gasteiger partial charge in [0.05, 0.1) is 11.6 Å². The van der Waals surface area contributed by atoms with Crippen LogP contribution < -0.4 is 4.90 Å². The molecule has 0 bridgehead atoms. The van der Waals surface area contributed by atoms with Crippen LogP contribution in [0.1, 0.15) is 18.4 Å². The maximum atomic E-state index is 9.41. The Morgan fingerprint density at radius 1 is 1.21 bits per heavy atom. The monoisotopic (exact) mass is 188 g/mol. The molecule has 0 unspecified atom stereocenters. The molecule has 1 aliphatic heterocycles. The Bertz CT molecular complexity index is 375. The Kier molecular flexibility index (Phi) is 2.28. The lowest BCUT2D eigenvalue weighted by atomic mass is 10.2. The molecule has 0 amide bonds. The van der Waals surface area contributed by atoms with E-state index in [0.29, 0.717) is 5.56 Å². The van der Waals surface area contributed by atoms with Gasteiger partial charge in [-0.1, -0.05) is 0 Å². The highest BCUT2D eigenvalue weighted by molar-refractivity contribution is 5.56. The van der Waals surface area contributed by atoms with Crippen LogP contribution in [0.15, 0.2) is 18.2 Å². The number of hydrogen-bond acceptors (Lipinski definition) is 3. The molecule has 0 saturated carbocycles. The molecule has 0 spiro atoms. The van der Waals surface area contributed by atoms with E-state index in [-0.39, 0.29) is 5.75 Å². The summed E-state index contributed by atoms with van der Waals surface area (Å²) in [6.07, 6.45) is 2.38. The van der Waals surface area contributed by atoms with Crippen molar-refractivity contribution in [3.63, 3.8) is 0 Å². The maximum Gasteiger partial charge on any atom is 0.118 e. The van der Waals surface area contributed by atoms with Crippen molar-refractivity contribution < 1.29 is 5.11 Å². The summed E-state index contributed by atoms with van der Waals surface area (Å²) in [6, 6.07) is 7.07. The van der Waals surface area contributed by atoms with E-state index in [1.165, 1.54) is 18.9 Å². The molecule has 2 rings (SSSR count). The zero-order valence-corrected chi connectivity index (χ0v) is 7.90. The van der Waals surface area contributed by atoms with E-state index in [1.54, 1.807) is 6.07 Å². The molecular formula is C11H12N2O. The molecule has 0 aromatic heterocycles. The molecule has 1 saturated heterocycles. The quantitative estimate of drug-likeness (QED) is 0.731. The second kappa shape index (κ2) is 3.59. The minimum absolute atomic E-state index is 0.172. The van der Waals surface area contributed by atoms with Gasteiger partial charge < -0.3 is 10.0 Å². The lowest BCUT2D eigenvalue weighted by Gasteiger charge is -2.17. The number of benzene rings is 1. The normalized spacial score (nSPS) is 15.5. The number of nitriles is 1. The minimum atomic E-state index is 0.172. The largest absolute Gasteiger partial charge is 0.508 e. The van der Waals surface area contributed by atoms with Crippen LogP contribution in [-0.2, 0) is 0 Å². The second-order valence-electron chi connectivity index (χ2n) is 3.54. The molecule has 0 aliphatic carbocycles. The first-order valence-electron chi connectivity index (χ1n) is 4.79. The van der Waals surface area contributed by atoms with Crippen molar-refractivity contribution in [3.05, 3.63) is 23.8 Å². The Balaban J connectivity index is 2.33. The van der Waals surface area contributed by atoms with Gasteiger partial charge in [-0.3, -0.25) is 0 Å². The second-order valence-corrected chi connectivity index (χ2v) is 3.54. The molecule has 14 heavy (non-hydrogen) atoms. The first-order chi connectivity index (χ1) is 6.79. The van der Waals surface area contributed by atoms with Gasteiger partial charge in [-0.25, -0.2) is 0 Å². The van der Waals surface area contributed by atoms with Crippen LogP contribution in [0, 0.1) is 11.3 Å². The van der Waals surface area contributed by atoms with Crippen molar-refractivity contribution in [1.82, 2.24) is 0 Å². The molecule has 1 fully saturated rings. The van der Waals surface area contributed by atoms with Crippen molar-refractivity contribution in [3.8, 4) is 11.8 Å².